The average Bonchev–Trinajstić information content (AvgIpc) is 2.31. The SMILES string of the molecule is Cc1ccc(C(O)CC2=CCCCC2)cc1. The van der Waals surface area contributed by atoms with Gasteiger partial charge in [0.1, 0.15) is 0 Å². The second-order valence-corrected chi connectivity index (χ2v) is 4.74. The molecule has 0 aliphatic heterocycles. The number of aliphatic hydroxyl groups is 1. The van der Waals surface area contributed by atoms with Gasteiger partial charge in [0, 0.05) is 0 Å². The summed E-state index contributed by atoms with van der Waals surface area (Å²) in [6.45, 7) is 2.07. The van der Waals surface area contributed by atoms with Gasteiger partial charge in [0.25, 0.3) is 0 Å². The Morgan fingerprint density at radius 3 is 2.56 bits per heavy atom. The summed E-state index contributed by atoms with van der Waals surface area (Å²) in [5, 5.41) is 10.1. The number of allylic oxidation sites excluding steroid dienone is 1. The van der Waals surface area contributed by atoms with Gasteiger partial charge in [-0.05, 0) is 44.6 Å². The van der Waals surface area contributed by atoms with Crippen LogP contribution in [0.5, 0.6) is 0 Å². The Bertz CT molecular complexity index is 362. The van der Waals surface area contributed by atoms with Crippen molar-refractivity contribution in [2.45, 2.75) is 45.1 Å². The van der Waals surface area contributed by atoms with E-state index in [9.17, 15) is 5.11 Å². The molecule has 0 radical (unpaired) electrons. The highest BCUT2D eigenvalue weighted by molar-refractivity contribution is 5.24. The minimum absolute atomic E-state index is 0.329. The van der Waals surface area contributed by atoms with Gasteiger partial charge in [-0.2, -0.15) is 0 Å². The summed E-state index contributed by atoms with van der Waals surface area (Å²) in [7, 11) is 0. The maximum atomic E-state index is 10.1. The van der Waals surface area contributed by atoms with Crippen molar-refractivity contribution in [2.24, 2.45) is 0 Å². The molecule has 0 bridgehead atoms. The normalized spacial score (nSPS) is 18.0. The van der Waals surface area contributed by atoms with Crippen LogP contribution in [0.3, 0.4) is 0 Å². The van der Waals surface area contributed by atoms with E-state index in [2.05, 4.69) is 25.1 Å². The Kier molecular flexibility index (Phi) is 3.79. The molecule has 1 aliphatic carbocycles. The molecule has 1 aromatic carbocycles. The molecule has 0 aromatic heterocycles. The van der Waals surface area contributed by atoms with Crippen molar-refractivity contribution in [1.82, 2.24) is 0 Å². The molecule has 1 aliphatic rings. The van der Waals surface area contributed by atoms with Crippen molar-refractivity contribution < 1.29 is 5.11 Å². The fraction of sp³-hybridized carbons (Fsp3) is 0.467. The van der Waals surface area contributed by atoms with Crippen LogP contribution in [0.1, 0.15) is 49.3 Å². The third kappa shape index (κ3) is 2.96. The fourth-order valence-corrected chi connectivity index (χ4v) is 2.24. The highest BCUT2D eigenvalue weighted by atomic mass is 16.3. The van der Waals surface area contributed by atoms with E-state index in [4.69, 9.17) is 0 Å². The lowest BCUT2D eigenvalue weighted by Gasteiger charge is -2.17. The minimum atomic E-state index is -0.329. The lowest BCUT2D eigenvalue weighted by Crippen LogP contribution is -2.01. The smallest absolute Gasteiger partial charge is 0.0827 e. The molecule has 1 heteroatoms. The first kappa shape index (κ1) is 11.4. The van der Waals surface area contributed by atoms with Gasteiger partial charge in [-0.1, -0.05) is 41.5 Å². The Morgan fingerprint density at radius 1 is 1.19 bits per heavy atom. The van der Waals surface area contributed by atoms with E-state index in [0.717, 1.165) is 12.0 Å². The lowest BCUT2D eigenvalue weighted by atomic mass is 9.93. The monoisotopic (exact) mass is 216 g/mol. The maximum absolute atomic E-state index is 10.1. The van der Waals surface area contributed by atoms with Gasteiger partial charge in [0.05, 0.1) is 6.10 Å². The van der Waals surface area contributed by atoms with Gasteiger partial charge in [-0.25, -0.2) is 0 Å². The molecule has 1 unspecified atom stereocenters. The van der Waals surface area contributed by atoms with Crippen molar-refractivity contribution in [2.75, 3.05) is 0 Å². The molecule has 1 atom stereocenters. The molecule has 0 fully saturated rings. The fourth-order valence-electron chi connectivity index (χ4n) is 2.24. The summed E-state index contributed by atoms with van der Waals surface area (Å²) in [5.41, 5.74) is 3.71. The molecule has 2 rings (SSSR count). The van der Waals surface area contributed by atoms with Gasteiger partial charge < -0.3 is 5.11 Å². The second kappa shape index (κ2) is 5.31. The number of aryl methyl sites for hydroxylation is 1. The highest BCUT2D eigenvalue weighted by Crippen LogP contribution is 2.27. The molecule has 0 saturated heterocycles. The zero-order valence-electron chi connectivity index (χ0n) is 9.95. The van der Waals surface area contributed by atoms with E-state index >= 15 is 0 Å². The Hall–Kier alpha value is -1.08. The van der Waals surface area contributed by atoms with Crippen LogP contribution in [0.2, 0.25) is 0 Å². The molecule has 0 spiro atoms. The first-order valence-electron chi connectivity index (χ1n) is 6.18. The van der Waals surface area contributed by atoms with Crippen molar-refractivity contribution in [1.29, 1.82) is 0 Å². The van der Waals surface area contributed by atoms with Crippen LogP contribution in [-0.2, 0) is 0 Å². The van der Waals surface area contributed by atoms with E-state index in [1.54, 1.807) is 0 Å². The number of rotatable bonds is 3. The van der Waals surface area contributed by atoms with Crippen LogP contribution in [0.15, 0.2) is 35.9 Å². The highest BCUT2D eigenvalue weighted by Gasteiger charge is 2.11. The quantitative estimate of drug-likeness (QED) is 0.759. The number of hydrogen-bond donors (Lipinski definition) is 1. The first-order chi connectivity index (χ1) is 7.75. The molecule has 1 aromatic rings. The lowest BCUT2D eigenvalue weighted by molar-refractivity contribution is 0.176. The molecule has 1 N–H and O–H groups in total. The molecule has 86 valence electrons. The molecule has 0 saturated carbocycles. The predicted octanol–water partition coefficient (Wildman–Crippen LogP) is 3.92. The van der Waals surface area contributed by atoms with Gasteiger partial charge in [-0.15, -0.1) is 0 Å². The van der Waals surface area contributed by atoms with E-state index in [1.165, 1.54) is 36.8 Å². The van der Waals surface area contributed by atoms with Crippen molar-refractivity contribution in [3.8, 4) is 0 Å². The summed E-state index contributed by atoms with van der Waals surface area (Å²) in [6.07, 6.45) is 7.74. The zero-order chi connectivity index (χ0) is 11.4. The van der Waals surface area contributed by atoms with Gasteiger partial charge >= 0.3 is 0 Å². The summed E-state index contributed by atoms with van der Waals surface area (Å²) in [6, 6.07) is 8.19. The van der Waals surface area contributed by atoms with E-state index in [-0.39, 0.29) is 6.10 Å². The van der Waals surface area contributed by atoms with Crippen LogP contribution >= 0.6 is 0 Å². The van der Waals surface area contributed by atoms with Gasteiger partial charge in [-0.3, -0.25) is 0 Å². The van der Waals surface area contributed by atoms with Crippen molar-refractivity contribution >= 4 is 0 Å². The largest absolute Gasteiger partial charge is 0.388 e. The van der Waals surface area contributed by atoms with Gasteiger partial charge in [0.2, 0.25) is 0 Å². The van der Waals surface area contributed by atoms with E-state index in [1.807, 2.05) is 12.1 Å². The summed E-state index contributed by atoms with van der Waals surface area (Å²) in [5.74, 6) is 0. The Balaban J connectivity index is 1.99. The third-order valence-corrected chi connectivity index (χ3v) is 3.30. The number of benzene rings is 1. The molecule has 1 nitrogen and oxygen atoms in total. The minimum Gasteiger partial charge on any atom is -0.388 e. The van der Waals surface area contributed by atoms with Crippen LogP contribution in [0.25, 0.3) is 0 Å². The van der Waals surface area contributed by atoms with Crippen LogP contribution in [0.4, 0.5) is 0 Å². The van der Waals surface area contributed by atoms with E-state index < -0.39 is 0 Å². The third-order valence-electron chi connectivity index (χ3n) is 3.30. The van der Waals surface area contributed by atoms with Crippen LogP contribution < -0.4 is 0 Å². The summed E-state index contributed by atoms with van der Waals surface area (Å²) < 4.78 is 0. The molecule has 0 amide bonds. The van der Waals surface area contributed by atoms with Gasteiger partial charge in [0.15, 0.2) is 0 Å². The first-order valence-corrected chi connectivity index (χ1v) is 6.18. The maximum Gasteiger partial charge on any atom is 0.0827 e. The second-order valence-electron chi connectivity index (χ2n) is 4.74. The molecular formula is C15H20O. The van der Waals surface area contributed by atoms with Crippen LogP contribution in [-0.4, -0.2) is 5.11 Å². The topological polar surface area (TPSA) is 20.2 Å². The van der Waals surface area contributed by atoms with Crippen molar-refractivity contribution in [3.05, 3.63) is 47.0 Å². The number of hydrogen-bond acceptors (Lipinski definition) is 1. The summed E-state index contributed by atoms with van der Waals surface area (Å²) in [4.78, 5) is 0. The Labute approximate surface area is 97.8 Å². The van der Waals surface area contributed by atoms with Crippen molar-refractivity contribution in [3.63, 3.8) is 0 Å². The standard InChI is InChI=1S/C15H20O/c1-12-7-9-14(10-8-12)15(16)11-13-5-3-2-4-6-13/h5,7-10,15-16H,2-4,6,11H2,1H3. The average molecular weight is 216 g/mol. The zero-order valence-corrected chi connectivity index (χ0v) is 9.95. The number of aliphatic hydroxyl groups excluding tert-OH is 1. The molecule has 16 heavy (non-hydrogen) atoms. The Morgan fingerprint density at radius 2 is 1.94 bits per heavy atom. The van der Waals surface area contributed by atoms with E-state index in [0.29, 0.717) is 0 Å². The predicted molar refractivity (Wildman–Crippen MR) is 67.3 cm³/mol. The van der Waals surface area contributed by atoms with Crippen LogP contribution in [0, 0.1) is 6.92 Å². The molecule has 0 heterocycles. The summed E-state index contributed by atoms with van der Waals surface area (Å²) >= 11 is 0. The molecular weight excluding hydrogens is 196 g/mol.